The molecule has 0 unspecified atom stereocenters. The van der Waals surface area contributed by atoms with E-state index >= 15 is 0 Å². The van der Waals surface area contributed by atoms with Crippen LogP contribution in [0.2, 0.25) is 0 Å². The number of nitrogens with zero attached hydrogens (tertiary/aromatic N) is 1. The summed E-state index contributed by atoms with van der Waals surface area (Å²) in [5.74, 6) is 0.300. The van der Waals surface area contributed by atoms with Crippen molar-refractivity contribution in [2.24, 2.45) is 0 Å². The molecule has 1 aliphatic heterocycles. The maximum Gasteiger partial charge on any atom is 0.673 e. The summed E-state index contributed by atoms with van der Waals surface area (Å²) in [6, 6.07) is 22.2. The summed E-state index contributed by atoms with van der Waals surface area (Å²) in [5, 5.41) is 0. The number of halogens is 4. The molecule has 0 atom stereocenters. The van der Waals surface area contributed by atoms with E-state index in [2.05, 4.69) is 93.4 Å². The normalized spacial score (nSPS) is 13.3. The molecule has 3 aromatic rings. The first-order chi connectivity index (χ1) is 13.6. The Kier molecular flexibility index (Phi) is 5.74. The SMILES string of the molecule is Cc1cc(C)c(C2c3ccccc3N(C)c3ccccc32)c(C)c1.F[B-](F)(F)F. The molecule has 29 heavy (non-hydrogen) atoms. The molecular formula is C23H23BF4N-. The fourth-order valence-corrected chi connectivity index (χ4v) is 4.33. The molecule has 0 fully saturated rings. The molecule has 0 aromatic heterocycles. The standard InChI is InChI=1S/C23H23N.BF4/c1-15-13-16(2)22(17(3)14-15)23-18-9-5-7-11-20(18)24(4)21-12-8-6-10-19(21)23;2-1(3,4)5/h5-14,23H,1-4H3;/q;-1. The zero-order chi connectivity index (χ0) is 21.3. The van der Waals surface area contributed by atoms with E-state index in [0.29, 0.717) is 5.92 Å². The largest absolute Gasteiger partial charge is 0.673 e. The summed E-state index contributed by atoms with van der Waals surface area (Å²) in [6.45, 7) is 6.68. The summed E-state index contributed by atoms with van der Waals surface area (Å²) in [6.07, 6.45) is 0. The summed E-state index contributed by atoms with van der Waals surface area (Å²) >= 11 is 0. The quantitative estimate of drug-likeness (QED) is 0.309. The molecule has 3 aromatic carbocycles. The number of hydrogen-bond acceptors (Lipinski definition) is 1. The molecule has 6 heteroatoms. The first-order valence-corrected chi connectivity index (χ1v) is 9.44. The summed E-state index contributed by atoms with van der Waals surface area (Å²) in [5.41, 5.74) is 11.0. The highest BCUT2D eigenvalue weighted by Gasteiger charge is 2.31. The van der Waals surface area contributed by atoms with Crippen LogP contribution in [-0.4, -0.2) is 14.3 Å². The van der Waals surface area contributed by atoms with Crippen molar-refractivity contribution < 1.29 is 17.3 Å². The maximum atomic E-state index is 9.75. The van der Waals surface area contributed by atoms with Gasteiger partial charge < -0.3 is 22.2 Å². The van der Waals surface area contributed by atoms with Crippen LogP contribution in [0.1, 0.15) is 39.3 Å². The lowest BCUT2D eigenvalue weighted by molar-refractivity contribution is 0.368. The number of para-hydroxylation sites is 2. The predicted octanol–water partition coefficient (Wildman–Crippen LogP) is 7.17. The Morgan fingerprint density at radius 1 is 0.724 bits per heavy atom. The third-order valence-corrected chi connectivity index (χ3v) is 5.24. The molecule has 1 heterocycles. The minimum absolute atomic E-state index is 0.300. The van der Waals surface area contributed by atoms with Gasteiger partial charge in [-0.1, -0.05) is 54.1 Å². The summed E-state index contributed by atoms with van der Waals surface area (Å²) < 4.78 is 39.0. The molecule has 0 amide bonds. The molecule has 0 N–H and O–H groups in total. The van der Waals surface area contributed by atoms with Crippen LogP contribution in [0.4, 0.5) is 28.6 Å². The van der Waals surface area contributed by atoms with Gasteiger partial charge in [-0.15, -0.1) is 0 Å². The predicted molar refractivity (Wildman–Crippen MR) is 113 cm³/mol. The Morgan fingerprint density at radius 2 is 1.10 bits per heavy atom. The van der Waals surface area contributed by atoms with Crippen LogP contribution in [-0.2, 0) is 0 Å². The molecular weight excluding hydrogens is 377 g/mol. The van der Waals surface area contributed by atoms with Crippen LogP contribution in [0.5, 0.6) is 0 Å². The second kappa shape index (κ2) is 7.93. The van der Waals surface area contributed by atoms with Gasteiger partial charge in [-0.2, -0.15) is 0 Å². The van der Waals surface area contributed by atoms with Crippen molar-refractivity contribution in [1.29, 1.82) is 0 Å². The lowest BCUT2D eigenvalue weighted by atomic mass is 9.77. The van der Waals surface area contributed by atoms with Crippen LogP contribution >= 0.6 is 0 Å². The number of fused-ring (bicyclic) bond motifs is 2. The third-order valence-electron chi connectivity index (χ3n) is 5.24. The number of aryl methyl sites for hydroxylation is 3. The van der Waals surface area contributed by atoms with Gasteiger partial charge in [0.05, 0.1) is 0 Å². The van der Waals surface area contributed by atoms with Gasteiger partial charge in [-0.25, -0.2) is 0 Å². The van der Waals surface area contributed by atoms with Gasteiger partial charge in [0.2, 0.25) is 0 Å². The van der Waals surface area contributed by atoms with Crippen LogP contribution in [0.15, 0.2) is 60.7 Å². The number of anilines is 2. The van der Waals surface area contributed by atoms with Gasteiger partial charge in [0.25, 0.3) is 0 Å². The van der Waals surface area contributed by atoms with Gasteiger partial charge in [0, 0.05) is 24.3 Å². The zero-order valence-electron chi connectivity index (χ0n) is 16.9. The lowest BCUT2D eigenvalue weighted by Crippen LogP contribution is -2.23. The number of rotatable bonds is 1. The molecule has 152 valence electrons. The second-order valence-electron chi connectivity index (χ2n) is 7.42. The highest BCUT2D eigenvalue weighted by molar-refractivity contribution is 6.50. The van der Waals surface area contributed by atoms with Gasteiger partial charge in [-0.05, 0) is 60.7 Å². The Bertz CT molecular complexity index is 953. The van der Waals surface area contributed by atoms with E-state index in [1.165, 1.54) is 44.8 Å². The highest BCUT2D eigenvalue weighted by Crippen LogP contribution is 2.48. The van der Waals surface area contributed by atoms with E-state index in [4.69, 9.17) is 0 Å². The molecule has 0 saturated heterocycles. The monoisotopic (exact) mass is 400 g/mol. The average molecular weight is 400 g/mol. The van der Waals surface area contributed by atoms with Crippen LogP contribution in [0.25, 0.3) is 0 Å². The van der Waals surface area contributed by atoms with Gasteiger partial charge in [0.1, 0.15) is 0 Å². The summed E-state index contributed by atoms with van der Waals surface area (Å²) in [7, 11) is -3.83. The Labute approximate surface area is 169 Å². The van der Waals surface area contributed by atoms with Crippen LogP contribution < -0.4 is 4.90 Å². The average Bonchev–Trinajstić information content (AvgIpc) is 2.62. The Balaban J connectivity index is 0.000000431. The van der Waals surface area contributed by atoms with Crippen molar-refractivity contribution in [3.63, 3.8) is 0 Å². The first-order valence-electron chi connectivity index (χ1n) is 9.44. The van der Waals surface area contributed by atoms with Crippen molar-refractivity contribution in [2.75, 3.05) is 11.9 Å². The van der Waals surface area contributed by atoms with Crippen molar-refractivity contribution >= 4 is 18.6 Å². The molecule has 0 radical (unpaired) electrons. The molecule has 0 spiro atoms. The van der Waals surface area contributed by atoms with Crippen LogP contribution in [0.3, 0.4) is 0 Å². The van der Waals surface area contributed by atoms with E-state index in [1.807, 2.05) is 0 Å². The van der Waals surface area contributed by atoms with Crippen LogP contribution in [0, 0.1) is 20.8 Å². The van der Waals surface area contributed by atoms with Crippen molar-refractivity contribution in [3.05, 3.63) is 94.0 Å². The minimum Gasteiger partial charge on any atom is -0.418 e. The Morgan fingerprint density at radius 3 is 1.52 bits per heavy atom. The van der Waals surface area contributed by atoms with E-state index in [0.717, 1.165) is 0 Å². The van der Waals surface area contributed by atoms with Crippen molar-refractivity contribution in [2.45, 2.75) is 26.7 Å². The maximum absolute atomic E-state index is 9.75. The smallest absolute Gasteiger partial charge is 0.418 e. The summed E-state index contributed by atoms with van der Waals surface area (Å²) in [4.78, 5) is 2.32. The van der Waals surface area contributed by atoms with Gasteiger partial charge >= 0.3 is 7.25 Å². The highest BCUT2D eigenvalue weighted by atomic mass is 19.5. The number of hydrogen-bond donors (Lipinski definition) is 0. The van der Waals surface area contributed by atoms with E-state index in [1.54, 1.807) is 0 Å². The zero-order valence-corrected chi connectivity index (χ0v) is 16.9. The first kappa shape index (κ1) is 21.0. The van der Waals surface area contributed by atoms with Gasteiger partial charge in [0.15, 0.2) is 0 Å². The fraction of sp³-hybridized carbons (Fsp3) is 0.217. The number of benzene rings is 3. The van der Waals surface area contributed by atoms with E-state index in [-0.39, 0.29) is 0 Å². The third kappa shape index (κ3) is 4.47. The lowest BCUT2D eigenvalue weighted by Gasteiger charge is -2.36. The minimum atomic E-state index is -6.00. The fourth-order valence-electron chi connectivity index (χ4n) is 4.33. The molecule has 0 aliphatic carbocycles. The molecule has 1 nitrogen and oxygen atoms in total. The van der Waals surface area contributed by atoms with E-state index < -0.39 is 7.25 Å². The van der Waals surface area contributed by atoms with Gasteiger partial charge in [-0.3, -0.25) is 0 Å². The van der Waals surface area contributed by atoms with Crippen molar-refractivity contribution in [3.8, 4) is 0 Å². The Hall–Kier alpha value is -2.76. The topological polar surface area (TPSA) is 3.24 Å². The molecule has 1 aliphatic rings. The molecule has 0 bridgehead atoms. The van der Waals surface area contributed by atoms with E-state index in [9.17, 15) is 17.3 Å². The second-order valence-corrected chi connectivity index (χ2v) is 7.42. The van der Waals surface area contributed by atoms with Crippen molar-refractivity contribution in [1.82, 2.24) is 0 Å². The molecule has 0 saturated carbocycles. The molecule has 4 rings (SSSR count).